The van der Waals surface area contributed by atoms with Crippen molar-refractivity contribution in [1.29, 1.82) is 0 Å². The van der Waals surface area contributed by atoms with Gasteiger partial charge in [0.1, 0.15) is 12.7 Å². The monoisotopic (exact) mass is 239 g/mol. The molecule has 1 atom stereocenters. The molecule has 0 spiro atoms. The normalized spacial score (nSPS) is 22.6. The average Bonchev–Trinajstić information content (AvgIpc) is 2.67. The van der Waals surface area contributed by atoms with Crippen LogP contribution in [0.25, 0.3) is 0 Å². The lowest BCUT2D eigenvalue weighted by Gasteiger charge is -2.17. The van der Waals surface area contributed by atoms with Gasteiger partial charge in [0.15, 0.2) is 5.79 Å². The number of pyridine rings is 1. The van der Waals surface area contributed by atoms with Gasteiger partial charge in [-0.2, -0.15) is 0 Å². The summed E-state index contributed by atoms with van der Waals surface area (Å²) in [5.41, 5.74) is 0.589. The van der Waals surface area contributed by atoms with Crippen molar-refractivity contribution in [1.82, 2.24) is 4.98 Å². The van der Waals surface area contributed by atoms with Crippen molar-refractivity contribution in [2.75, 3.05) is 13.2 Å². The Kier molecular flexibility index (Phi) is 3.61. The molecular weight excluding hydrogens is 222 g/mol. The summed E-state index contributed by atoms with van der Waals surface area (Å²) in [6.07, 6.45) is -0.0791. The van der Waals surface area contributed by atoms with E-state index < -0.39 is 5.79 Å². The van der Waals surface area contributed by atoms with E-state index in [0.29, 0.717) is 24.8 Å². The highest BCUT2D eigenvalue weighted by Gasteiger charge is 2.32. The van der Waals surface area contributed by atoms with Gasteiger partial charge in [-0.3, -0.25) is 0 Å². The van der Waals surface area contributed by atoms with Gasteiger partial charge in [-0.25, -0.2) is 4.98 Å². The maximum Gasteiger partial charge on any atom is 0.213 e. The third-order valence-corrected chi connectivity index (χ3v) is 2.43. The van der Waals surface area contributed by atoms with Crippen molar-refractivity contribution < 1.29 is 19.3 Å². The molecule has 94 valence electrons. The summed E-state index contributed by atoms with van der Waals surface area (Å²) in [5, 5.41) is 8.95. The van der Waals surface area contributed by atoms with E-state index in [4.69, 9.17) is 19.3 Å². The van der Waals surface area contributed by atoms with Crippen LogP contribution in [0.1, 0.15) is 19.5 Å². The highest BCUT2D eigenvalue weighted by Crippen LogP contribution is 2.22. The van der Waals surface area contributed by atoms with E-state index in [1.165, 1.54) is 0 Å². The fourth-order valence-corrected chi connectivity index (χ4v) is 1.65. The largest absolute Gasteiger partial charge is 0.475 e. The summed E-state index contributed by atoms with van der Waals surface area (Å²) in [6, 6.07) is 5.29. The van der Waals surface area contributed by atoms with E-state index in [1.807, 2.05) is 13.8 Å². The van der Waals surface area contributed by atoms with Gasteiger partial charge in [0.2, 0.25) is 5.88 Å². The molecule has 1 saturated heterocycles. The number of aliphatic hydroxyl groups excluding tert-OH is 1. The first kappa shape index (κ1) is 12.3. The van der Waals surface area contributed by atoms with E-state index in [1.54, 1.807) is 18.2 Å². The molecule has 1 aromatic heterocycles. The molecule has 1 N–H and O–H groups in total. The van der Waals surface area contributed by atoms with Crippen LogP contribution in [0.5, 0.6) is 5.88 Å². The van der Waals surface area contributed by atoms with Crippen molar-refractivity contribution in [3.05, 3.63) is 23.9 Å². The Labute approximate surface area is 100 Å². The van der Waals surface area contributed by atoms with Gasteiger partial charge in [-0.1, -0.05) is 6.07 Å². The molecule has 0 aromatic carbocycles. The van der Waals surface area contributed by atoms with Crippen LogP contribution in [0.2, 0.25) is 0 Å². The number of aromatic nitrogens is 1. The van der Waals surface area contributed by atoms with Crippen LogP contribution >= 0.6 is 0 Å². The van der Waals surface area contributed by atoms with E-state index in [-0.39, 0.29) is 12.7 Å². The first-order chi connectivity index (χ1) is 8.09. The summed E-state index contributed by atoms with van der Waals surface area (Å²) in [5.74, 6) is -0.0427. The molecule has 0 radical (unpaired) electrons. The zero-order valence-electron chi connectivity index (χ0n) is 10.0. The van der Waals surface area contributed by atoms with Gasteiger partial charge in [-0.05, 0) is 19.9 Å². The molecule has 2 heterocycles. The number of nitrogens with zero attached hydrogens (tertiary/aromatic N) is 1. The molecule has 0 unspecified atom stereocenters. The van der Waals surface area contributed by atoms with Gasteiger partial charge in [0.25, 0.3) is 0 Å². The lowest BCUT2D eigenvalue weighted by Crippen LogP contribution is -2.25. The molecule has 1 aromatic rings. The molecule has 0 saturated carbocycles. The Hall–Kier alpha value is -1.17. The maximum absolute atomic E-state index is 8.95. The number of hydrogen-bond acceptors (Lipinski definition) is 5. The Balaban J connectivity index is 1.86. The number of ether oxygens (including phenoxy) is 3. The van der Waals surface area contributed by atoms with Crippen LogP contribution in [-0.2, 0) is 16.1 Å². The lowest BCUT2D eigenvalue weighted by molar-refractivity contribution is -0.141. The van der Waals surface area contributed by atoms with Crippen LogP contribution < -0.4 is 4.74 Å². The first-order valence-corrected chi connectivity index (χ1v) is 5.60. The molecule has 1 fully saturated rings. The molecule has 0 bridgehead atoms. The smallest absolute Gasteiger partial charge is 0.213 e. The molecule has 0 aliphatic carbocycles. The second-order valence-electron chi connectivity index (χ2n) is 4.39. The Morgan fingerprint density at radius 2 is 2.35 bits per heavy atom. The predicted octanol–water partition coefficient (Wildman–Crippen LogP) is 1.10. The number of hydrogen-bond donors (Lipinski definition) is 1. The minimum atomic E-state index is -0.533. The third kappa shape index (κ3) is 3.39. The van der Waals surface area contributed by atoms with Crippen LogP contribution in [-0.4, -0.2) is 35.2 Å². The van der Waals surface area contributed by atoms with E-state index in [0.717, 1.165) is 0 Å². The third-order valence-electron chi connectivity index (χ3n) is 2.43. The van der Waals surface area contributed by atoms with Crippen molar-refractivity contribution in [2.45, 2.75) is 32.3 Å². The molecule has 5 heteroatoms. The van der Waals surface area contributed by atoms with Crippen LogP contribution in [0, 0.1) is 0 Å². The van der Waals surface area contributed by atoms with Gasteiger partial charge < -0.3 is 19.3 Å². The Morgan fingerprint density at radius 1 is 1.53 bits per heavy atom. The van der Waals surface area contributed by atoms with Gasteiger partial charge in [0, 0.05) is 6.07 Å². The van der Waals surface area contributed by atoms with Crippen molar-refractivity contribution in [3.8, 4) is 5.88 Å². The van der Waals surface area contributed by atoms with Crippen LogP contribution in [0.4, 0.5) is 0 Å². The summed E-state index contributed by atoms with van der Waals surface area (Å²) in [7, 11) is 0. The quantitative estimate of drug-likeness (QED) is 0.852. The second kappa shape index (κ2) is 5.00. The van der Waals surface area contributed by atoms with Crippen LogP contribution in [0.15, 0.2) is 18.2 Å². The molecule has 5 nitrogen and oxygen atoms in total. The fraction of sp³-hybridized carbons (Fsp3) is 0.583. The minimum absolute atomic E-state index is 0.0791. The van der Waals surface area contributed by atoms with E-state index in [9.17, 15) is 0 Å². The van der Waals surface area contributed by atoms with Crippen molar-refractivity contribution in [2.24, 2.45) is 0 Å². The average molecular weight is 239 g/mol. The summed E-state index contributed by atoms with van der Waals surface area (Å²) in [4.78, 5) is 4.12. The van der Waals surface area contributed by atoms with E-state index >= 15 is 0 Å². The fourth-order valence-electron chi connectivity index (χ4n) is 1.65. The second-order valence-corrected chi connectivity index (χ2v) is 4.39. The molecule has 1 aliphatic rings. The number of aliphatic hydroxyl groups is 1. The SMILES string of the molecule is CC1(C)OC[C@@H](COc2cccc(CO)n2)O1. The zero-order valence-corrected chi connectivity index (χ0v) is 10.0. The van der Waals surface area contributed by atoms with E-state index in [2.05, 4.69) is 4.98 Å². The van der Waals surface area contributed by atoms with Gasteiger partial charge in [0.05, 0.1) is 18.9 Å². The van der Waals surface area contributed by atoms with Crippen LogP contribution in [0.3, 0.4) is 0 Å². The van der Waals surface area contributed by atoms with Gasteiger partial charge >= 0.3 is 0 Å². The molecule has 2 rings (SSSR count). The van der Waals surface area contributed by atoms with Crippen molar-refractivity contribution >= 4 is 0 Å². The summed E-state index contributed by atoms with van der Waals surface area (Å²) < 4.78 is 16.5. The topological polar surface area (TPSA) is 60.8 Å². The molecule has 1 aliphatic heterocycles. The number of rotatable bonds is 4. The molecular formula is C12H17NO4. The highest BCUT2D eigenvalue weighted by molar-refractivity contribution is 5.15. The highest BCUT2D eigenvalue weighted by atomic mass is 16.7. The summed E-state index contributed by atoms with van der Waals surface area (Å²) in [6.45, 7) is 4.57. The lowest BCUT2D eigenvalue weighted by atomic mass is 10.3. The Morgan fingerprint density at radius 3 is 3.00 bits per heavy atom. The van der Waals surface area contributed by atoms with Gasteiger partial charge in [-0.15, -0.1) is 0 Å². The maximum atomic E-state index is 8.95. The minimum Gasteiger partial charge on any atom is -0.475 e. The Bertz CT molecular complexity index is 381. The zero-order chi connectivity index (χ0) is 12.3. The molecule has 17 heavy (non-hydrogen) atoms. The van der Waals surface area contributed by atoms with Crippen molar-refractivity contribution in [3.63, 3.8) is 0 Å². The summed E-state index contributed by atoms with van der Waals surface area (Å²) >= 11 is 0. The standard InChI is InChI=1S/C12H17NO4/c1-12(2)16-8-10(17-12)7-15-11-5-3-4-9(6-14)13-11/h3-5,10,14H,6-8H2,1-2H3/t10-/m1/s1. The molecule has 0 amide bonds. The first-order valence-electron chi connectivity index (χ1n) is 5.60. The predicted molar refractivity (Wildman–Crippen MR) is 60.6 cm³/mol.